The van der Waals surface area contributed by atoms with Gasteiger partial charge in [0.2, 0.25) is 5.89 Å². The van der Waals surface area contributed by atoms with Gasteiger partial charge in [-0.1, -0.05) is 6.07 Å². The summed E-state index contributed by atoms with van der Waals surface area (Å²) in [6, 6.07) is 9.15. The molecule has 2 heterocycles. The molecule has 2 aromatic heterocycles. The summed E-state index contributed by atoms with van der Waals surface area (Å²) in [7, 11) is 3.14. The molecule has 0 atom stereocenters. The first-order chi connectivity index (χ1) is 12.7. The monoisotopic (exact) mass is 371 g/mol. The zero-order valence-electron chi connectivity index (χ0n) is 14.3. The van der Waals surface area contributed by atoms with Crippen LogP contribution in [0.15, 0.2) is 52.5 Å². The van der Waals surface area contributed by atoms with E-state index in [0.717, 1.165) is 4.88 Å². The second-order valence-corrected chi connectivity index (χ2v) is 6.12. The van der Waals surface area contributed by atoms with Gasteiger partial charge in [0.25, 0.3) is 0 Å². The maximum absolute atomic E-state index is 11.9. The summed E-state index contributed by atoms with van der Waals surface area (Å²) in [6.07, 6.45) is 4.43. The van der Waals surface area contributed by atoms with Crippen LogP contribution in [0.1, 0.15) is 11.3 Å². The third-order valence-electron chi connectivity index (χ3n) is 3.48. The van der Waals surface area contributed by atoms with E-state index in [1.54, 1.807) is 38.5 Å². The topological polar surface area (TPSA) is 70.8 Å². The number of oxazole rings is 1. The van der Waals surface area contributed by atoms with Gasteiger partial charge >= 0.3 is 5.97 Å². The van der Waals surface area contributed by atoms with Gasteiger partial charge in [-0.15, -0.1) is 11.3 Å². The van der Waals surface area contributed by atoms with Gasteiger partial charge in [-0.2, -0.15) is 0 Å². The molecule has 0 aliphatic rings. The fourth-order valence-electron chi connectivity index (χ4n) is 2.21. The van der Waals surface area contributed by atoms with E-state index in [2.05, 4.69) is 4.98 Å². The molecule has 0 saturated carbocycles. The number of esters is 1. The van der Waals surface area contributed by atoms with Crippen LogP contribution in [-0.4, -0.2) is 25.2 Å². The summed E-state index contributed by atoms with van der Waals surface area (Å²) in [5.41, 5.74) is 1.26. The molecule has 0 N–H and O–H groups in total. The van der Waals surface area contributed by atoms with E-state index in [4.69, 9.17) is 18.6 Å². The lowest BCUT2D eigenvalue weighted by Crippen LogP contribution is -2.01. The van der Waals surface area contributed by atoms with Crippen LogP contribution in [0.4, 0.5) is 0 Å². The zero-order valence-corrected chi connectivity index (χ0v) is 15.1. The molecule has 6 nitrogen and oxygen atoms in total. The Hall–Kier alpha value is -3.06. The molecule has 0 radical (unpaired) electrons. The molecule has 0 saturated heterocycles. The molecule has 26 heavy (non-hydrogen) atoms. The zero-order chi connectivity index (χ0) is 18.4. The van der Waals surface area contributed by atoms with E-state index in [9.17, 15) is 4.79 Å². The van der Waals surface area contributed by atoms with Crippen molar-refractivity contribution in [1.82, 2.24) is 4.98 Å². The second-order valence-electron chi connectivity index (χ2n) is 5.17. The number of hydrogen-bond acceptors (Lipinski definition) is 7. The highest BCUT2D eigenvalue weighted by Gasteiger charge is 2.09. The molecule has 134 valence electrons. The van der Waals surface area contributed by atoms with Crippen molar-refractivity contribution in [2.45, 2.75) is 6.61 Å². The largest absolute Gasteiger partial charge is 0.497 e. The van der Waals surface area contributed by atoms with E-state index >= 15 is 0 Å². The summed E-state index contributed by atoms with van der Waals surface area (Å²) in [5.74, 6) is 1.33. The predicted octanol–water partition coefficient (Wildman–Crippen LogP) is 4.18. The quantitative estimate of drug-likeness (QED) is 0.458. The average molecular weight is 371 g/mol. The highest BCUT2D eigenvalue weighted by molar-refractivity contribution is 7.13. The number of rotatable bonds is 7. The van der Waals surface area contributed by atoms with Crippen molar-refractivity contribution < 1.29 is 23.4 Å². The Labute approximate surface area is 154 Å². The van der Waals surface area contributed by atoms with Crippen LogP contribution in [0.2, 0.25) is 0 Å². The van der Waals surface area contributed by atoms with Crippen molar-refractivity contribution in [3.05, 3.63) is 59.3 Å². The Morgan fingerprint density at radius 1 is 1.27 bits per heavy atom. The first-order valence-electron chi connectivity index (χ1n) is 7.74. The minimum Gasteiger partial charge on any atom is -0.497 e. The van der Waals surface area contributed by atoms with Crippen LogP contribution < -0.4 is 9.47 Å². The third-order valence-corrected chi connectivity index (χ3v) is 4.34. The first-order valence-corrected chi connectivity index (χ1v) is 8.62. The molecule has 3 aromatic rings. The lowest BCUT2D eigenvalue weighted by molar-refractivity contribution is -0.139. The van der Waals surface area contributed by atoms with Crippen molar-refractivity contribution >= 4 is 23.4 Å². The molecule has 0 aliphatic heterocycles. The van der Waals surface area contributed by atoms with Gasteiger partial charge in [-0.3, -0.25) is 0 Å². The van der Waals surface area contributed by atoms with Gasteiger partial charge < -0.3 is 18.6 Å². The lowest BCUT2D eigenvalue weighted by atomic mass is 10.1. The van der Waals surface area contributed by atoms with Crippen LogP contribution in [0.5, 0.6) is 11.5 Å². The molecule has 0 spiro atoms. The van der Waals surface area contributed by atoms with E-state index in [0.29, 0.717) is 28.6 Å². The Morgan fingerprint density at radius 2 is 2.15 bits per heavy atom. The second kappa shape index (κ2) is 8.35. The summed E-state index contributed by atoms with van der Waals surface area (Å²) in [4.78, 5) is 17.2. The van der Waals surface area contributed by atoms with Crippen molar-refractivity contribution in [2.24, 2.45) is 0 Å². The summed E-state index contributed by atoms with van der Waals surface area (Å²) >= 11 is 1.53. The number of thiophene rings is 1. The highest BCUT2D eigenvalue weighted by Crippen LogP contribution is 2.25. The minimum absolute atomic E-state index is 0.0350. The van der Waals surface area contributed by atoms with Crippen LogP contribution >= 0.6 is 11.3 Å². The third kappa shape index (κ3) is 4.31. The highest BCUT2D eigenvalue weighted by atomic mass is 32.1. The van der Waals surface area contributed by atoms with Crippen LogP contribution in [0.25, 0.3) is 16.8 Å². The van der Waals surface area contributed by atoms with E-state index in [1.807, 2.05) is 17.5 Å². The molecule has 1 aromatic carbocycles. The lowest BCUT2D eigenvalue weighted by Gasteiger charge is -2.07. The van der Waals surface area contributed by atoms with Crippen molar-refractivity contribution in [2.75, 3.05) is 14.2 Å². The molecule has 0 aliphatic carbocycles. The normalized spacial score (nSPS) is 10.8. The average Bonchev–Trinajstić information content (AvgIpc) is 3.35. The first kappa shape index (κ1) is 17.8. The van der Waals surface area contributed by atoms with Crippen molar-refractivity contribution in [1.29, 1.82) is 0 Å². The molecular formula is C19H17NO5S. The maximum Gasteiger partial charge on any atom is 0.331 e. The summed E-state index contributed by atoms with van der Waals surface area (Å²) in [5, 5.41) is 1.94. The van der Waals surface area contributed by atoms with Gasteiger partial charge in [0, 0.05) is 11.6 Å². The molecule has 0 unspecified atom stereocenters. The minimum atomic E-state index is -0.490. The number of ether oxygens (including phenoxy) is 3. The fraction of sp³-hybridized carbons (Fsp3) is 0.158. The SMILES string of the molecule is COc1ccc(OC)c(/C=C/C(=O)OCc2coc(-c3cccs3)n2)c1. The van der Waals surface area contributed by atoms with E-state index in [-0.39, 0.29) is 6.61 Å². The summed E-state index contributed by atoms with van der Waals surface area (Å²) in [6.45, 7) is 0.0350. The van der Waals surface area contributed by atoms with Crippen LogP contribution in [-0.2, 0) is 16.1 Å². The molecular weight excluding hydrogens is 354 g/mol. The number of methoxy groups -OCH3 is 2. The van der Waals surface area contributed by atoms with Crippen LogP contribution in [0.3, 0.4) is 0 Å². The van der Waals surface area contributed by atoms with Gasteiger partial charge in [-0.05, 0) is 35.7 Å². The van der Waals surface area contributed by atoms with Crippen molar-refractivity contribution in [3.63, 3.8) is 0 Å². The standard InChI is InChI=1S/C19H17NO5S/c1-22-15-6-7-16(23-2)13(10-15)5-8-18(21)24-11-14-12-25-19(20-14)17-4-3-9-26-17/h3-10,12H,11H2,1-2H3/b8-5+. The van der Waals surface area contributed by atoms with Gasteiger partial charge in [0.15, 0.2) is 0 Å². The number of aromatic nitrogens is 1. The molecule has 0 bridgehead atoms. The summed E-state index contributed by atoms with van der Waals surface area (Å²) < 4.78 is 21.0. The van der Waals surface area contributed by atoms with Gasteiger partial charge in [-0.25, -0.2) is 9.78 Å². The number of carbonyl (C=O) groups excluding carboxylic acids is 1. The number of nitrogens with zero attached hydrogens (tertiary/aromatic N) is 1. The Balaban J connectivity index is 1.60. The van der Waals surface area contributed by atoms with Crippen LogP contribution in [0, 0.1) is 0 Å². The van der Waals surface area contributed by atoms with E-state index in [1.165, 1.54) is 23.7 Å². The molecule has 3 rings (SSSR count). The molecule has 0 fully saturated rings. The smallest absolute Gasteiger partial charge is 0.331 e. The fourth-order valence-corrected chi connectivity index (χ4v) is 2.86. The number of benzene rings is 1. The predicted molar refractivity (Wildman–Crippen MR) is 98.2 cm³/mol. The number of carbonyl (C=O) groups is 1. The molecule has 7 heteroatoms. The van der Waals surface area contributed by atoms with Gasteiger partial charge in [0.1, 0.15) is 30.1 Å². The van der Waals surface area contributed by atoms with Crippen molar-refractivity contribution in [3.8, 4) is 22.3 Å². The number of hydrogen-bond donors (Lipinski definition) is 0. The maximum atomic E-state index is 11.9. The van der Waals surface area contributed by atoms with E-state index < -0.39 is 5.97 Å². The molecule has 0 amide bonds. The van der Waals surface area contributed by atoms with Gasteiger partial charge in [0.05, 0.1) is 19.1 Å². The Bertz CT molecular complexity index is 899. The Morgan fingerprint density at radius 3 is 2.88 bits per heavy atom. The Kier molecular flexibility index (Phi) is 5.70.